The molecule has 1 aliphatic heterocycles. The molecule has 32 heavy (non-hydrogen) atoms. The first-order valence-electron chi connectivity index (χ1n) is 10.6. The Kier molecular flexibility index (Phi) is 6.00. The zero-order valence-electron chi connectivity index (χ0n) is 18.7. The summed E-state index contributed by atoms with van der Waals surface area (Å²) in [5.41, 5.74) is 4.11. The molecule has 6 nitrogen and oxygen atoms in total. The van der Waals surface area contributed by atoms with Gasteiger partial charge < -0.3 is 14.2 Å². The lowest BCUT2D eigenvalue weighted by Gasteiger charge is -2.35. The van der Waals surface area contributed by atoms with Gasteiger partial charge in [-0.15, -0.1) is 0 Å². The van der Waals surface area contributed by atoms with Gasteiger partial charge >= 0.3 is 0 Å². The lowest BCUT2D eigenvalue weighted by molar-refractivity contribution is -0.116. The zero-order chi connectivity index (χ0) is 22.8. The maximum Gasteiger partial charge on any atom is 0.161 e. The highest BCUT2D eigenvalue weighted by Crippen LogP contribution is 2.47. The molecule has 0 bridgehead atoms. The number of hydrogen-bond acceptors (Lipinski definition) is 6. The van der Waals surface area contributed by atoms with E-state index in [2.05, 4.69) is 6.07 Å². The highest BCUT2D eigenvalue weighted by atomic mass is 16.5. The molecule has 0 fully saturated rings. The Balaban J connectivity index is 1.76. The molecule has 0 saturated carbocycles. The van der Waals surface area contributed by atoms with Crippen molar-refractivity contribution in [2.45, 2.75) is 31.6 Å². The number of aliphatic imine (C=N–C) groups is 1. The van der Waals surface area contributed by atoms with Crippen molar-refractivity contribution in [1.82, 2.24) is 0 Å². The SMILES string of the molecule is COc1ccc([C@H]2CC(=O)C3=C(C2)N=C(C)C(C#N)[C@@H]3c2ccc(OC)c(OC)c2)cc1. The normalized spacial score (nSPS) is 22.5. The van der Waals surface area contributed by atoms with Crippen molar-refractivity contribution in [2.75, 3.05) is 21.3 Å². The molecule has 2 aromatic carbocycles. The number of ether oxygens (including phenoxy) is 3. The van der Waals surface area contributed by atoms with Crippen LogP contribution in [0.15, 0.2) is 58.7 Å². The van der Waals surface area contributed by atoms with E-state index in [1.807, 2.05) is 49.4 Å². The van der Waals surface area contributed by atoms with Crippen LogP contribution in [0.3, 0.4) is 0 Å². The molecule has 0 aromatic heterocycles. The van der Waals surface area contributed by atoms with E-state index in [4.69, 9.17) is 19.2 Å². The maximum absolute atomic E-state index is 13.4. The molecule has 1 heterocycles. The average molecular weight is 431 g/mol. The Labute approximate surface area is 188 Å². The van der Waals surface area contributed by atoms with Crippen LogP contribution in [0, 0.1) is 17.2 Å². The second-order valence-electron chi connectivity index (χ2n) is 8.11. The molecule has 6 heteroatoms. The fourth-order valence-electron chi connectivity index (χ4n) is 4.74. The largest absolute Gasteiger partial charge is 0.497 e. The molecule has 2 aliphatic rings. The van der Waals surface area contributed by atoms with Gasteiger partial charge in [0.25, 0.3) is 0 Å². The van der Waals surface area contributed by atoms with Gasteiger partial charge in [0.05, 0.1) is 33.3 Å². The molecule has 1 unspecified atom stereocenters. The molecule has 0 radical (unpaired) electrons. The van der Waals surface area contributed by atoms with Gasteiger partial charge in [-0.2, -0.15) is 5.26 Å². The van der Waals surface area contributed by atoms with Crippen LogP contribution in [0.4, 0.5) is 0 Å². The third-order valence-corrected chi connectivity index (χ3v) is 6.38. The lowest BCUT2D eigenvalue weighted by atomic mass is 9.69. The fourth-order valence-corrected chi connectivity index (χ4v) is 4.74. The Morgan fingerprint density at radius 2 is 1.62 bits per heavy atom. The second kappa shape index (κ2) is 8.88. The highest BCUT2D eigenvalue weighted by molar-refractivity contribution is 6.03. The number of methoxy groups -OCH3 is 3. The number of ketones is 1. The summed E-state index contributed by atoms with van der Waals surface area (Å²) in [4.78, 5) is 18.2. The van der Waals surface area contributed by atoms with Crippen molar-refractivity contribution in [3.8, 4) is 23.3 Å². The van der Waals surface area contributed by atoms with Gasteiger partial charge in [-0.1, -0.05) is 18.2 Å². The number of nitrogens with zero attached hydrogens (tertiary/aromatic N) is 2. The molecule has 1 aliphatic carbocycles. The number of hydrogen-bond donors (Lipinski definition) is 0. The topological polar surface area (TPSA) is 80.9 Å². The summed E-state index contributed by atoms with van der Waals surface area (Å²) in [6, 6.07) is 15.8. The summed E-state index contributed by atoms with van der Waals surface area (Å²) in [5, 5.41) is 9.94. The number of allylic oxidation sites excluding steroid dienone is 2. The molecule has 4 rings (SSSR count). The summed E-state index contributed by atoms with van der Waals surface area (Å²) < 4.78 is 16.1. The Morgan fingerprint density at radius 1 is 0.938 bits per heavy atom. The maximum atomic E-state index is 13.4. The first kappa shape index (κ1) is 21.6. The number of Topliss-reactive ketones (excluding diaryl/α,β-unsaturated/α-hetero) is 1. The number of carbonyl (C=O) groups is 1. The van der Waals surface area contributed by atoms with Gasteiger partial charge in [-0.05, 0) is 54.7 Å². The number of nitriles is 1. The van der Waals surface area contributed by atoms with E-state index < -0.39 is 5.92 Å². The summed E-state index contributed by atoms with van der Waals surface area (Å²) in [7, 11) is 4.79. The average Bonchev–Trinajstić information content (AvgIpc) is 2.82. The molecule has 164 valence electrons. The van der Waals surface area contributed by atoms with E-state index in [1.54, 1.807) is 21.3 Å². The van der Waals surface area contributed by atoms with E-state index in [1.165, 1.54) is 0 Å². The molecule has 3 atom stereocenters. The van der Waals surface area contributed by atoms with Gasteiger partial charge in [-0.3, -0.25) is 9.79 Å². The summed E-state index contributed by atoms with van der Waals surface area (Å²) in [6.45, 7) is 1.87. The van der Waals surface area contributed by atoms with E-state index >= 15 is 0 Å². The van der Waals surface area contributed by atoms with Crippen molar-refractivity contribution < 1.29 is 19.0 Å². The van der Waals surface area contributed by atoms with Crippen LogP contribution < -0.4 is 14.2 Å². The molecule has 0 amide bonds. The molecular formula is C26H26N2O4. The third-order valence-electron chi connectivity index (χ3n) is 6.38. The Bertz CT molecular complexity index is 1140. The van der Waals surface area contributed by atoms with Crippen LogP contribution in [0.1, 0.15) is 42.7 Å². The number of carbonyl (C=O) groups excluding carboxylic acids is 1. The van der Waals surface area contributed by atoms with Crippen molar-refractivity contribution in [2.24, 2.45) is 10.9 Å². The van der Waals surface area contributed by atoms with Crippen LogP contribution in [-0.2, 0) is 4.79 Å². The third kappa shape index (κ3) is 3.75. The first-order chi connectivity index (χ1) is 15.5. The Hall–Kier alpha value is -3.59. The number of benzene rings is 2. The second-order valence-corrected chi connectivity index (χ2v) is 8.11. The van der Waals surface area contributed by atoms with Crippen molar-refractivity contribution in [3.05, 3.63) is 64.9 Å². The van der Waals surface area contributed by atoms with Gasteiger partial charge in [0.1, 0.15) is 5.75 Å². The molecular weight excluding hydrogens is 404 g/mol. The summed E-state index contributed by atoms with van der Waals surface area (Å²) in [5.74, 6) is 1.17. The molecule has 0 N–H and O–H groups in total. The monoisotopic (exact) mass is 430 g/mol. The van der Waals surface area contributed by atoms with Crippen molar-refractivity contribution >= 4 is 11.5 Å². The molecule has 0 spiro atoms. The standard InChI is InChI=1S/C26H26N2O4/c1-15-20(14-27)25(17-7-10-23(31-3)24(13-17)32-4)26-21(28-15)11-18(12-22(26)29)16-5-8-19(30-2)9-6-16/h5-10,13,18,20,25H,11-12H2,1-4H3/t18-,20?,25+/m1/s1. The summed E-state index contributed by atoms with van der Waals surface area (Å²) in [6.07, 6.45) is 1.05. The number of rotatable bonds is 5. The van der Waals surface area contributed by atoms with Gasteiger partial charge in [0, 0.05) is 29.3 Å². The van der Waals surface area contributed by atoms with Crippen LogP contribution in [0.25, 0.3) is 0 Å². The summed E-state index contributed by atoms with van der Waals surface area (Å²) >= 11 is 0. The van der Waals surface area contributed by atoms with E-state index in [0.717, 1.165) is 28.3 Å². The van der Waals surface area contributed by atoms with E-state index in [0.29, 0.717) is 29.9 Å². The van der Waals surface area contributed by atoms with Crippen LogP contribution in [0.2, 0.25) is 0 Å². The van der Waals surface area contributed by atoms with E-state index in [-0.39, 0.29) is 17.6 Å². The van der Waals surface area contributed by atoms with Crippen molar-refractivity contribution in [3.63, 3.8) is 0 Å². The highest BCUT2D eigenvalue weighted by Gasteiger charge is 2.41. The predicted molar refractivity (Wildman–Crippen MR) is 122 cm³/mol. The minimum Gasteiger partial charge on any atom is -0.497 e. The van der Waals surface area contributed by atoms with Gasteiger partial charge in [-0.25, -0.2) is 0 Å². The first-order valence-corrected chi connectivity index (χ1v) is 10.6. The molecule has 2 aromatic rings. The zero-order valence-corrected chi connectivity index (χ0v) is 18.7. The van der Waals surface area contributed by atoms with Gasteiger partial charge in [0.15, 0.2) is 17.3 Å². The predicted octanol–water partition coefficient (Wildman–Crippen LogP) is 4.81. The smallest absolute Gasteiger partial charge is 0.161 e. The van der Waals surface area contributed by atoms with Crippen LogP contribution >= 0.6 is 0 Å². The Morgan fingerprint density at radius 3 is 2.25 bits per heavy atom. The fraction of sp³-hybridized carbons (Fsp3) is 0.346. The van der Waals surface area contributed by atoms with Crippen LogP contribution in [-0.4, -0.2) is 32.8 Å². The molecule has 0 saturated heterocycles. The van der Waals surface area contributed by atoms with E-state index in [9.17, 15) is 10.1 Å². The van der Waals surface area contributed by atoms with Crippen molar-refractivity contribution in [1.29, 1.82) is 5.26 Å². The lowest BCUT2D eigenvalue weighted by Crippen LogP contribution is -2.32. The minimum atomic E-state index is -0.506. The van der Waals surface area contributed by atoms with Gasteiger partial charge in [0.2, 0.25) is 0 Å². The quantitative estimate of drug-likeness (QED) is 0.680. The minimum absolute atomic E-state index is 0.0448. The van der Waals surface area contributed by atoms with Crippen LogP contribution in [0.5, 0.6) is 17.2 Å².